The summed E-state index contributed by atoms with van der Waals surface area (Å²) in [5.74, 6) is 1.24. The molecule has 0 fully saturated rings. The summed E-state index contributed by atoms with van der Waals surface area (Å²) in [6.45, 7) is 10.7. The van der Waals surface area contributed by atoms with Crippen molar-refractivity contribution >= 4 is 17.7 Å². The molecule has 154 valence electrons. The highest BCUT2D eigenvalue weighted by atomic mass is 32.2. The van der Waals surface area contributed by atoms with Gasteiger partial charge in [0.25, 0.3) is 5.91 Å². The fourth-order valence-corrected chi connectivity index (χ4v) is 4.80. The zero-order valence-corrected chi connectivity index (χ0v) is 18.7. The molecule has 0 saturated carbocycles. The van der Waals surface area contributed by atoms with E-state index >= 15 is 0 Å². The number of hydrogen-bond donors (Lipinski definition) is 2. The Hall–Kier alpha value is -2.34. The van der Waals surface area contributed by atoms with Gasteiger partial charge in [0.05, 0.1) is 0 Å². The SMILES string of the molecule is Cc1cc(C)nc(SCc2ccc(C(=O)NNC3=CC(C)(C)C[C@@H](C)C3)cc2)n1. The van der Waals surface area contributed by atoms with Crippen molar-refractivity contribution in [3.05, 3.63) is 64.6 Å². The van der Waals surface area contributed by atoms with Crippen LogP contribution in [0, 0.1) is 25.2 Å². The lowest BCUT2D eigenvalue weighted by atomic mass is 9.76. The number of aryl methyl sites for hydroxylation is 2. The molecule has 5 nitrogen and oxygen atoms in total. The molecular weight excluding hydrogens is 380 g/mol. The number of hydrogen-bond acceptors (Lipinski definition) is 5. The van der Waals surface area contributed by atoms with Crippen LogP contribution in [0.4, 0.5) is 0 Å². The van der Waals surface area contributed by atoms with Crippen LogP contribution >= 0.6 is 11.8 Å². The van der Waals surface area contributed by atoms with Gasteiger partial charge in [0.1, 0.15) is 0 Å². The van der Waals surface area contributed by atoms with Gasteiger partial charge in [-0.25, -0.2) is 9.97 Å². The third kappa shape index (κ3) is 6.32. The van der Waals surface area contributed by atoms with Gasteiger partial charge >= 0.3 is 0 Å². The molecule has 29 heavy (non-hydrogen) atoms. The monoisotopic (exact) mass is 410 g/mol. The van der Waals surface area contributed by atoms with Crippen LogP contribution in [0.1, 0.15) is 60.9 Å². The molecule has 0 unspecified atom stereocenters. The first-order valence-corrected chi connectivity index (χ1v) is 11.0. The second-order valence-electron chi connectivity index (χ2n) is 8.67. The second kappa shape index (κ2) is 8.99. The van der Waals surface area contributed by atoms with Crippen molar-refractivity contribution in [1.29, 1.82) is 0 Å². The lowest BCUT2D eigenvalue weighted by Crippen LogP contribution is -2.39. The van der Waals surface area contributed by atoms with E-state index in [9.17, 15) is 4.79 Å². The average Bonchev–Trinajstić information content (AvgIpc) is 2.62. The van der Waals surface area contributed by atoms with Crippen molar-refractivity contribution in [3.8, 4) is 0 Å². The fraction of sp³-hybridized carbons (Fsp3) is 0.435. The summed E-state index contributed by atoms with van der Waals surface area (Å²) in [6, 6.07) is 9.65. The highest BCUT2D eigenvalue weighted by molar-refractivity contribution is 7.98. The molecule has 1 aliphatic rings. The second-order valence-corrected chi connectivity index (χ2v) is 9.61. The molecular formula is C23H30N4OS. The molecule has 0 radical (unpaired) electrons. The Morgan fingerprint density at radius 1 is 1.17 bits per heavy atom. The van der Waals surface area contributed by atoms with Gasteiger partial charge in [-0.1, -0.05) is 50.7 Å². The quantitative estimate of drug-likeness (QED) is 0.400. The first-order chi connectivity index (χ1) is 13.7. The van der Waals surface area contributed by atoms with Crippen LogP contribution in [0.3, 0.4) is 0 Å². The number of amides is 1. The minimum absolute atomic E-state index is 0.126. The number of allylic oxidation sites excluding steroid dienone is 2. The fourth-order valence-electron chi connectivity index (χ4n) is 3.89. The highest BCUT2D eigenvalue weighted by Crippen LogP contribution is 2.35. The van der Waals surface area contributed by atoms with Crippen LogP contribution in [0.2, 0.25) is 0 Å². The number of nitrogens with one attached hydrogen (secondary N) is 2. The zero-order valence-electron chi connectivity index (χ0n) is 17.9. The Morgan fingerprint density at radius 2 is 1.83 bits per heavy atom. The summed E-state index contributed by atoms with van der Waals surface area (Å²) in [6.07, 6.45) is 4.35. The van der Waals surface area contributed by atoms with Crippen molar-refractivity contribution in [1.82, 2.24) is 20.8 Å². The van der Waals surface area contributed by atoms with Gasteiger partial charge in [0.15, 0.2) is 5.16 Å². The first kappa shape index (κ1) is 21.4. The molecule has 0 saturated heterocycles. The molecule has 1 heterocycles. The Kier molecular flexibility index (Phi) is 6.63. The van der Waals surface area contributed by atoms with E-state index in [0.29, 0.717) is 11.5 Å². The summed E-state index contributed by atoms with van der Waals surface area (Å²) >= 11 is 1.60. The van der Waals surface area contributed by atoms with Gasteiger partial charge in [0.2, 0.25) is 0 Å². The van der Waals surface area contributed by atoms with Crippen LogP contribution < -0.4 is 10.9 Å². The zero-order chi connectivity index (χ0) is 21.0. The lowest BCUT2D eigenvalue weighted by Gasteiger charge is -2.32. The molecule has 2 N–H and O–H groups in total. The van der Waals surface area contributed by atoms with Crippen molar-refractivity contribution in [3.63, 3.8) is 0 Å². The summed E-state index contributed by atoms with van der Waals surface area (Å²) in [7, 11) is 0. The smallest absolute Gasteiger partial charge is 0.269 e. The van der Waals surface area contributed by atoms with E-state index < -0.39 is 0 Å². The molecule has 1 amide bonds. The summed E-state index contributed by atoms with van der Waals surface area (Å²) in [5.41, 5.74) is 10.9. The Morgan fingerprint density at radius 3 is 2.45 bits per heavy atom. The summed E-state index contributed by atoms with van der Waals surface area (Å²) < 4.78 is 0. The maximum Gasteiger partial charge on any atom is 0.269 e. The van der Waals surface area contributed by atoms with Gasteiger partial charge in [-0.15, -0.1) is 0 Å². The van der Waals surface area contributed by atoms with Gasteiger partial charge in [-0.3, -0.25) is 10.2 Å². The number of carbonyl (C=O) groups excluding carboxylic acids is 1. The number of rotatable bonds is 6. The standard InChI is InChI=1S/C23H30N4OS/c1-15-10-20(13-23(4,5)12-15)26-27-21(28)19-8-6-18(7-9-19)14-29-22-24-16(2)11-17(3)25-22/h6-9,11,13,15,26H,10,12,14H2,1-5H3,(H,27,28)/t15-/m0/s1. The van der Waals surface area contributed by atoms with E-state index in [1.165, 1.54) is 6.42 Å². The molecule has 3 rings (SSSR count). The van der Waals surface area contributed by atoms with Crippen LogP contribution in [-0.4, -0.2) is 15.9 Å². The summed E-state index contributed by atoms with van der Waals surface area (Å²) in [5, 5.41) is 0.784. The maximum atomic E-state index is 12.5. The molecule has 1 atom stereocenters. The predicted molar refractivity (Wildman–Crippen MR) is 118 cm³/mol. The third-order valence-corrected chi connectivity index (χ3v) is 5.81. The van der Waals surface area contributed by atoms with Crippen molar-refractivity contribution < 1.29 is 4.79 Å². The normalized spacial score (nSPS) is 18.1. The van der Waals surface area contributed by atoms with E-state index in [1.54, 1.807) is 11.8 Å². The van der Waals surface area contributed by atoms with Crippen LogP contribution in [0.5, 0.6) is 0 Å². The van der Waals surface area contributed by atoms with Crippen LogP contribution in [0.15, 0.2) is 47.3 Å². The molecule has 6 heteroatoms. The van der Waals surface area contributed by atoms with Gasteiger partial charge < -0.3 is 5.43 Å². The first-order valence-electron chi connectivity index (χ1n) is 10.0. The number of thioether (sulfide) groups is 1. The van der Waals surface area contributed by atoms with Crippen LogP contribution in [-0.2, 0) is 5.75 Å². The molecule has 1 aliphatic carbocycles. The number of carbonyl (C=O) groups is 1. The predicted octanol–water partition coefficient (Wildman–Crippen LogP) is 4.96. The minimum Gasteiger partial charge on any atom is -0.303 e. The molecule has 1 aromatic heterocycles. The molecule has 1 aromatic carbocycles. The molecule has 0 aliphatic heterocycles. The number of nitrogens with zero attached hydrogens (tertiary/aromatic N) is 2. The summed E-state index contributed by atoms with van der Waals surface area (Å²) in [4.78, 5) is 21.4. The Balaban J connectivity index is 1.54. The van der Waals surface area contributed by atoms with E-state index in [-0.39, 0.29) is 11.3 Å². The van der Waals surface area contributed by atoms with E-state index in [0.717, 1.165) is 40.0 Å². The topological polar surface area (TPSA) is 66.9 Å². The van der Waals surface area contributed by atoms with Crippen molar-refractivity contribution in [2.45, 2.75) is 58.4 Å². The van der Waals surface area contributed by atoms with E-state index in [1.807, 2.05) is 44.2 Å². The van der Waals surface area contributed by atoms with E-state index in [2.05, 4.69) is 47.7 Å². The number of aromatic nitrogens is 2. The Labute approximate surface area is 177 Å². The van der Waals surface area contributed by atoms with E-state index in [4.69, 9.17) is 0 Å². The minimum atomic E-state index is -0.126. The van der Waals surface area contributed by atoms with Crippen molar-refractivity contribution in [2.75, 3.05) is 0 Å². The largest absolute Gasteiger partial charge is 0.303 e. The van der Waals surface area contributed by atoms with Gasteiger partial charge in [-0.2, -0.15) is 0 Å². The van der Waals surface area contributed by atoms with Crippen LogP contribution in [0.25, 0.3) is 0 Å². The molecule has 0 bridgehead atoms. The number of benzene rings is 1. The Bertz CT molecular complexity index is 885. The molecule has 0 spiro atoms. The highest BCUT2D eigenvalue weighted by Gasteiger charge is 2.25. The van der Waals surface area contributed by atoms with Gasteiger partial charge in [-0.05, 0) is 61.8 Å². The van der Waals surface area contributed by atoms with Gasteiger partial charge in [0, 0.05) is 28.4 Å². The third-order valence-electron chi connectivity index (χ3n) is 4.89. The molecule has 2 aromatic rings. The average molecular weight is 411 g/mol. The number of hydrazine groups is 1. The maximum absolute atomic E-state index is 12.5. The lowest BCUT2D eigenvalue weighted by molar-refractivity contribution is 0.0936. The van der Waals surface area contributed by atoms with Crippen molar-refractivity contribution in [2.24, 2.45) is 11.3 Å².